The molecule has 30 heavy (non-hydrogen) atoms. The second-order valence-electron chi connectivity index (χ2n) is 6.89. The average molecular weight is 400 g/mol. The molecule has 0 spiro atoms. The molecule has 0 aromatic heterocycles. The van der Waals surface area contributed by atoms with E-state index >= 15 is 0 Å². The number of hydrogen-bond acceptors (Lipinski definition) is 4. The van der Waals surface area contributed by atoms with Gasteiger partial charge in [0.05, 0.1) is 18.3 Å². The Morgan fingerprint density at radius 1 is 0.867 bits per heavy atom. The van der Waals surface area contributed by atoms with Gasteiger partial charge in [0.1, 0.15) is 6.20 Å². The van der Waals surface area contributed by atoms with Gasteiger partial charge < -0.3 is 15.0 Å². The maximum Gasteiger partial charge on any atom is 0.194 e. The summed E-state index contributed by atoms with van der Waals surface area (Å²) in [6.45, 7) is 1.13. The van der Waals surface area contributed by atoms with Crippen LogP contribution >= 0.6 is 0 Å². The first-order valence-electron chi connectivity index (χ1n) is 9.69. The van der Waals surface area contributed by atoms with E-state index in [1.165, 1.54) is 21.6 Å². The number of aliphatic hydroxyl groups excluding tert-OH is 1. The lowest BCUT2D eigenvalue weighted by molar-refractivity contribution is -0.795. The first kappa shape index (κ1) is 21.2. The normalized spacial score (nSPS) is 15.9. The Balaban J connectivity index is 0.000000377. The fraction of sp³-hybridized carbons (Fsp3) is 0.120. The van der Waals surface area contributed by atoms with E-state index in [1.807, 2.05) is 12.5 Å². The fourth-order valence-electron chi connectivity index (χ4n) is 3.58. The van der Waals surface area contributed by atoms with Crippen LogP contribution in [0.3, 0.4) is 0 Å². The number of rotatable bonds is 5. The van der Waals surface area contributed by atoms with Crippen molar-refractivity contribution in [3.63, 3.8) is 0 Å². The van der Waals surface area contributed by atoms with Crippen LogP contribution in [-0.4, -0.2) is 23.5 Å². The largest absolute Gasteiger partial charge is 0.547 e. The summed E-state index contributed by atoms with van der Waals surface area (Å²) < 4.78 is 0. The number of carbonyl (C=O) groups is 1. The summed E-state index contributed by atoms with van der Waals surface area (Å²) in [5.74, 6) is -1.44. The van der Waals surface area contributed by atoms with Crippen molar-refractivity contribution < 1.29 is 19.9 Å². The lowest BCUT2D eigenvalue weighted by Crippen LogP contribution is -3.13. The number of hydrogen-bond donors (Lipinski definition) is 2. The Kier molecular flexibility index (Phi) is 6.91. The maximum absolute atomic E-state index is 9.34. The second-order valence-corrected chi connectivity index (χ2v) is 6.89. The van der Waals surface area contributed by atoms with Gasteiger partial charge in [-0.15, -0.1) is 0 Å². The molecule has 5 heteroatoms. The smallest absolute Gasteiger partial charge is 0.194 e. The molecule has 3 aromatic rings. The second kappa shape index (κ2) is 9.78. The molecule has 2 N–H and O–H groups in total. The van der Waals surface area contributed by atoms with Crippen LogP contribution in [0.5, 0.6) is 0 Å². The number of carboxylic acid groups (broad SMARTS) is 1. The minimum atomic E-state index is -1.44. The van der Waals surface area contributed by atoms with Gasteiger partial charge in [-0.05, 0) is 6.92 Å². The molecule has 0 fully saturated rings. The molecular formula is C25H24N2O3. The average Bonchev–Trinajstić information content (AvgIpc) is 3.32. The fourth-order valence-corrected chi connectivity index (χ4v) is 3.58. The molecule has 3 aromatic carbocycles. The molecule has 152 valence electrons. The zero-order valence-electron chi connectivity index (χ0n) is 16.7. The highest BCUT2D eigenvalue weighted by molar-refractivity contribution is 5.68. The topological polar surface area (TPSA) is 77.2 Å². The van der Waals surface area contributed by atoms with Crippen LogP contribution in [0.1, 0.15) is 23.6 Å². The van der Waals surface area contributed by atoms with Crippen molar-refractivity contribution in [3.05, 3.63) is 120 Å². The van der Waals surface area contributed by atoms with Crippen molar-refractivity contribution in [1.29, 1.82) is 0 Å². The van der Waals surface area contributed by atoms with Crippen LogP contribution in [0.4, 0.5) is 0 Å². The molecule has 2 unspecified atom stereocenters. The molecule has 0 saturated heterocycles. The van der Waals surface area contributed by atoms with Gasteiger partial charge in [0, 0.05) is 16.7 Å². The molecule has 5 nitrogen and oxygen atoms in total. The Hall–Kier alpha value is -3.54. The van der Waals surface area contributed by atoms with Gasteiger partial charge in [-0.1, -0.05) is 91.0 Å². The molecule has 2 atom stereocenters. The molecule has 1 heterocycles. The van der Waals surface area contributed by atoms with Gasteiger partial charge in [-0.2, -0.15) is 0 Å². The van der Waals surface area contributed by atoms with Crippen LogP contribution in [0.15, 0.2) is 108 Å². The SMILES string of the molecule is C1=C[NH+](C(c2ccccc2)(c2ccccc2)c2ccccc2)C=N1.CC(O)C(=O)[O-]. The van der Waals surface area contributed by atoms with Gasteiger partial charge in [0.2, 0.25) is 0 Å². The third-order valence-electron chi connectivity index (χ3n) is 4.95. The van der Waals surface area contributed by atoms with E-state index in [4.69, 9.17) is 5.11 Å². The molecule has 0 aliphatic carbocycles. The highest BCUT2D eigenvalue weighted by Crippen LogP contribution is 2.34. The van der Waals surface area contributed by atoms with E-state index in [2.05, 4.69) is 102 Å². The van der Waals surface area contributed by atoms with Gasteiger partial charge in [0.25, 0.3) is 0 Å². The van der Waals surface area contributed by atoms with E-state index in [0.29, 0.717) is 0 Å². The number of nitrogens with one attached hydrogen (secondary N) is 1. The summed E-state index contributed by atoms with van der Waals surface area (Å²) in [5, 5.41) is 17.3. The number of carbonyl (C=O) groups excluding carboxylic acids is 1. The summed E-state index contributed by atoms with van der Waals surface area (Å²) in [6, 6.07) is 32.0. The maximum atomic E-state index is 9.34. The van der Waals surface area contributed by atoms with Crippen molar-refractivity contribution in [2.45, 2.75) is 18.6 Å². The predicted molar refractivity (Wildman–Crippen MR) is 114 cm³/mol. The van der Waals surface area contributed by atoms with Crippen molar-refractivity contribution in [1.82, 2.24) is 0 Å². The van der Waals surface area contributed by atoms with Crippen LogP contribution in [-0.2, 0) is 10.3 Å². The minimum absolute atomic E-state index is 0.361. The monoisotopic (exact) mass is 400 g/mol. The zero-order chi connectivity index (χ0) is 21.4. The van der Waals surface area contributed by atoms with Crippen LogP contribution in [0, 0.1) is 0 Å². The van der Waals surface area contributed by atoms with Crippen molar-refractivity contribution in [2.24, 2.45) is 4.99 Å². The third-order valence-corrected chi connectivity index (χ3v) is 4.95. The van der Waals surface area contributed by atoms with Crippen molar-refractivity contribution in [2.75, 3.05) is 0 Å². The van der Waals surface area contributed by atoms with E-state index in [0.717, 1.165) is 6.92 Å². The van der Waals surface area contributed by atoms with Crippen molar-refractivity contribution in [3.8, 4) is 0 Å². The van der Waals surface area contributed by atoms with Crippen LogP contribution in [0.25, 0.3) is 0 Å². The summed E-state index contributed by atoms with van der Waals surface area (Å²) >= 11 is 0. The number of aliphatic imine (C=N–C) groups is 1. The van der Waals surface area contributed by atoms with E-state index in [9.17, 15) is 9.90 Å². The van der Waals surface area contributed by atoms with Gasteiger partial charge in [-0.3, -0.25) is 0 Å². The molecular weight excluding hydrogens is 376 g/mol. The van der Waals surface area contributed by atoms with Gasteiger partial charge in [0.15, 0.2) is 11.9 Å². The summed E-state index contributed by atoms with van der Waals surface area (Å²) in [7, 11) is 0. The van der Waals surface area contributed by atoms with Crippen molar-refractivity contribution >= 4 is 12.3 Å². The zero-order valence-corrected chi connectivity index (χ0v) is 16.7. The third kappa shape index (κ3) is 4.38. The first-order valence-corrected chi connectivity index (χ1v) is 9.69. The van der Waals surface area contributed by atoms with Crippen LogP contribution < -0.4 is 10.0 Å². The highest BCUT2D eigenvalue weighted by atomic mass is 16.4. The molecule has 0 radical (unpaired) electrons. The number of aliphatic hydroxyl groups is 1. The lowest BCUT2D eigenvalue weighted by atomic mass is 9.76. The predicted octanol–water partition coefficient (Wildman–Crippen LogP) is 1.49. The number of benzene rings is 3. The van der Waals surface area contributed by atoms with Crippen LogP contribution in [0.2, 0.25) is 0 Å². The van der Waals surface area contributed by atoms with Gasteiger partial charge >= 0.3 is 0 Å². The molecule has 1 aliphatic heterocycles. The van der Waals surface area contributed by atoms with E-state index in [1.54, 1.807) is 0 Å². The Labute approximate surface area is 176 Å². The van der Waals surface area contributed by atoms with E-state index < -0.39 is 12.1 Å². The first-order chi connectivity index (χ1) is 14.6. The summed E-state index contributed by atoms with van der Waals surface area (Å²) in [6.07, 6.45) is 4.63. The quantitative estimate of drug-likeness (QED) is 0.637. The molecule has 4 rings (SSSR count). The molecule has 0 amide bonds. The Morgan fingerprint density at radius 2 is 1.23 bits per heavy atom. The number of quaternary nitrogens is 1. The number of carboxylic acids is 1. The Bertz CT molecular complexity index is 892. The minimum Gasteiger partial charge on any atom is -0.547 e. The number of aliphatic carboxylic acids is 1. The molecule has 0 saturated carbocycles. The summed E-state index contributed by atoms with van der Waals surface area (Å²) in [4.78, 5) is 14.9. The lowest BCUT2D eigenvalue weighted by Gasteiger charge is -2.37. The molecule has 0 bridgehead atoms. The standard InChI is InChI=1S/C22H18N2.C3H6O3/c1-4-10-19(11-5-1)22(24-17-16-23-18-24,20-12-6-2-7-13-20)21-14-8-3-9-15-21;1-2(4)3(5)6/h1-18H;2,4H,1H3,(H,5,6). The van der Waals surface area contributed by atoms with E-state index in [-0.39, 0.29) is 5.54 Å². The van der Waals surface area contributed by atoms with Gasteiger partial charge in [-0.25, -0.2) is 9.89 Å². The highest BCUT2D eigenvalue weighted by Gasteiger charge is 2.45. The Morgan fingerprint density at radius 3 is 1.50 bits per heavy atom. The summed E-state index contributed by atoms with van der Waals surface area (Å²) in [5.41, 5.74) is 3.38. The molecule has 1 aliphatic rings. The number of nitrogens with zero attached hydrogens (tertiary/aromatic N) is 1.